The monoisotopic (exact) mass is 884 g/mol. The third-order valence-electron chi connectivity index (χ3n) is 14.4. The van der Waals surface area contributed by atoms with Crippen LogP contribution in [0.2, 0.25) is 0 Å². The van der Waals surface area contributed by atoms with Crippen molar-refractivity contribution in [2.24, 2.45) is 0 Å². The maximum Gasteiger partial charge on any atom is 0.143 e. The number of fused-ring (bicyclic) bond motifs is 4. The fraction of sp³-hybridized carbons (Fsp3) is 0.200. The normalized spacial score (nSPS) is 13.6. The van der Waals surface area contributed by atoms with E-state index in [0.29, 0.717) is 0 Å². The summed E-state index contributed by atoms with van der Waals surface area (Å²) in [7, 11) is 0. The maximum atomic E-state index is 7.19. The lowest BCUT2D eigenvalue weighted by atomic mass is 9.71. The molecule has 0 amide bonds. The minimum Gasteiger partial charge on any atom is -0.455 e. The molecule has 1 aromatic heterocycles. The molecule has 0 fully saturated rings. The van der Waals surface area contributed by atoms with E-state index in [1.165, 1.54) is 66.4 Å². The SMILES string of the molecule is CC(C)(C)c1cccc(N(c2cccc(-c3ccccc3)c2)c2ccc3c(c2)oc2c4ccc(N(c5cccc(-c6ccccc6)c5)c5cccc(C(C)(C)C)c5)c5c4c(cc32)C(C)(C)CC5)c1. The van der Waals surface area contributed by atoms with Crippen molar-refractivity contribution >= 4 is 66.8 Å². The first-order valence-electron chi connectivity index (χ1n) is 24.3. The number of anilines is 6. The summed E-state index contributed by atoms with van der Waals surface area (Å²) in [5.74, 6) is 0. The van der Waals surface area contributed by atoms with Gasteiger partial charge in [0.1, 0.15) is 11.2 Å². The molecule has 0 radical (unpaired) electrons. The summed E-state index contributed by atoms with van der Waals surface area (Å²) in [4.78, 5) is 4.89. The number of hydrogen-bond acceptors (Lipinski definition) is 3. The topological polar surface area (TPSA) is 19.6 Å². The van der Waals surface area contributed by atoms with E-state index < -0.39 is 0 Å². The molecular weight excluding hydrogens is 825 g/mol. The van der Waals surface area contributed by atoms with Crippen molar-refractivity contribution < 1.29 is 4.42 Å². The summed E-state index contributed by atoms with van der Waals surface area (Å²) in [6.45, 7) is 18.6. The highest BCUT2D eigenvalue weighted by Crippen LogP contribution is 2.51. The van der Waals surface area contributed by atoms with Gasteiger partial charge in [0, 0.05) is 56.3 Å². The number of rotatable bonds is 8. The Balaban J connectivity index is 1.11. The van der Waals surface area contributed by atoms with Gasteiger partial charge in [-0.25, -0.2) is 0 Å². The first-order valence-corrected chi connectivity index (χ1v) is 24.3. The Morgan fingerprint density at radius 1 is 0.426 bits per heavy atom. The Kier molecular flexibility index (Phi) is 10.5. The Morgan fingerprint density at radius 3 is 1.49 bits per heavy atom. The molecule has 336 valence electrons. The molecule has 0 atom stereocenters. The quantitative estimate of drug-likeness (QED) is 0.152. The van der Waals surface area contributed by atoms with Crippen LogP contribution in [0.4, 0.5) is 34.1 Å². The average Bonchev–Trinajstić information content (AvgIpc) is 3.72. The van der Waals surface area contributed by atoms with E-state index in [1.54, 1.807) is 0 Å². The van der Waals surface area contributed by atoms with E-state index in [0.717, 1.165) is 57.8 Å². The van der Waals surface area contributed by atoms with Crippen LogP contribution in [-0.2, 0) is 22.7 Å². The molecule has 11 rings (SSSR count). The molecule has 9 aromatic carbocycles. The van der Waals surface area contributed by atoms with Gasteiger partial charge in [0.05, 0.1) is 0 Å². The molecule has 0 N–H and O–H groups in total. The third kappa shape index (κ3) is 7.74. The third-order valence-corrected chi connectivity index (χ3v) is 14.4. The zero-order chi connectivity index (χ0) is 47.0. The second-order valence-electron chi connectivity index (χ2n) is 21.6. The summed E-state index contributed by atoms with van der Waals surface area (Å²) in [5, 5.41) is 4.79. The van der Waals surface area contributed by atoms with E-state index in [9.17, 15) is 0 Å². The van der Waals surface area contributed by atoms with Gasteiger partial charge in [0.2, 0.25) is 0 Å². The molecule has 0 saturated heterocycles. The molecule has 0 spiro atoms. The van der Waals surface area contributed by atoms with Crippen LogP contribution in [0.3, 0.4) is 0 Å². The molecule has 1 aliphatic carbocycles. The second kappa shape index (κ2) is 16.5. The first-order chi connectivity index (χ1) is 32.7. The van der Waals surface area contributed by atoms with Gasteiger partial charge in [-0.05, 0) is 158 Å². The molecule has 10 aromatic rings. The van der Waals surface area contributed by atoms with Crippen molar-refractivity contribution in [2.75, 3.05) is 9.80 Å². The fourth-order valence-electron chi connectivity index (χ4n) is 10.5. The van der Waals surface area contributed by atoms with E-state index in [1.807, 2.05) is 0 Å². The number of furan rings is 1. The molecule has 0 aliphatic heterocycles. The van der Waals surface area contributed by atoms with Crippen LogP contribution < -0.4 is 9.80 Å². The van der Waals surface area contributed by atoms with Crippen LogP contribution >= 0.6 is 0 Å². The predicted molar refractivity (Wildman–Crippen MR) is 290 cm³/mol. The van der Waals surface area contributed by atoms with Crippen molar-refractivity contribution in [3.8, 4) is 22.3 Å². The van der Waals surface area contributed by atoms with Gasteiger partial charge in [-0.3, -0.25) is 0 Å². The van der Waals surface area contributed by atoms with Crippen molar-refractivity contribution in [3.05, 3.63) is 216 Å². The van der Waals surface area contributed by atoms with Crippen molar-refractivity contribution in [3.63, 3.8) is 0 Å². The minimum atomic E-state index is -0.0373. The fourth-order valence-corrected chi connectivity index (χ4v) is 10.5. The lowest BCUT2D eigenvalue weighted by Crippen LogP contribution is -2.24. The van der Waals surface area contributed by atoms with Crippen LogP contribution in [0.1, 0.15) is 84.1 Å². The number of aryl methyl sites for hydroxylation is 1. The van der Waals surface area contributed by atoms with Gasteiger partial charge >= 0.3 is 0 Å². The van der Waals surface area contributed by atoms with Gasteiger partial charge in [0.15, 0.2) is 0 Å². The van der Waals surface area contributed by atoms with E-state index in [4.69, 9.17) is 4.42 Å². The van der Waals surface area contributed by atoms with Gasteiger partial charge in [0.25, 0.3) is 0 Å². The molecule has 1 aliphatic rings. The molecule has 3 nitrogen and oxygen atoms in total. The highest BCUT2D eigenvalue weighted by atomic mass is 16.3. The molecule has 0 bridgehead atoms. The summed E-state index contributed by atoms with van der Waals surface area (Å²) < 4.78 is 7.19. The van der Waals surface area contributed by atoms with Gasteiger partial charge in [-0.15, -0.1) is 0 Å². The lowest BCUT2D eigenvalue weighted by Gasteiger charge is -2.36. The highest BCUT2D eigenvalue weighted by molar-refractivity contribution is 6.18. The second-order valence-corrected chi connectivity index (χ2v) is 21.6. The summed E-state index contributed by atoms with van der Waals surface area (Å²) in [6, 6.07) is 71.4. The number of hydrogen-bond donors (Lipinski definition) is 0. The Labute approximate surface area is 402 Å². The smallest absolute Gasteiger partial charge is 0.143 e. The van der Waals surface area contributed by atoms with Gasteiger partial charge in [-0.1, -0.05) is 165 Å². The van der Waals surface area contributed by atoms with E-state index >= 15 is 0 Å². The first kappa shape index (κ1) is 43.2. The average molecular weight is 885 g/mol. The molecular formula is C65H60N2O. The van der Waals surface area contributed by atoms with E-state index in [2.05, 4.69) is 259 Å². The van der Waals surface area contributed by atoms with Crippen LogP contribution in [0.5, 0.6) is 0 Å². The zero-order valence-electron chi connectivity index (χ0n) is 40.7. The zero-order valence-corrected chi connectivity index (χ0v) is 40.7. The van der Waals surface area contributed by atoms with Crippen LogP contribution in [0, 0.1) is 0 Å². The number of nitrogens with zero attached hydrogens (tertiary/aromatic N) is 2. The molecule has 3 heteroatoms. The van der Waals surface area contributed by atoms with Crippen molar-refractivity contribution in [1.29, 1.82) is 0 Å². The Morgan fingerprint density at radius 2 is 0.912 bits per heavy atom. The molecule has 68 heavy (non-hydrogen) atoms. The molecule has 1 heterocycles. The standard InChI is InChI=1S/C65H60N2O/c1-63(2,3)47-25-17-29-51(39-47)66(49-27-15-23-45(37-49)43-19-11-9-12-20-43)53-31-32-54-57-42-58-61-55(35-36-65(58,7)8)59(34-33-56(61)62(57)68-60(54)41-53)67(52-30-18-26-48(40-52)64(4,5)6)50-28-16-24-46(38-50)44-21-13-10-14-22-44/h9-34,37-42H,35-36H2,1-8H3. The van der Waals surface area contributed by atoms with Crippen LogP contribution in [0.25, 0.3) is 55.0 Å². The minimum absolute atomic E-state index is 0.00509. The highest BCUT2D eigenvalue weighted by Gasteiger charge is 2.34. The summed E-state index contributed by atoms with van der Waals surface area (Å²) in [5.41, 5.74) is 18.7. The lowest BCUT2D eigenvalue weighted by molar-refractivity contribution is 0.475. The predicted octanol–water partition coefficient (Wildman–Crippen LogP) is 18.8. The maximum absolute atomic E-state index is 7.19. The summed E-state index contributed by atoms with van der Waals surface area (Å²) >= 11 is 0. The number of benzene rings is 9. The molecule has 0 unspecified atom stereocenters. The van der Waals surface area contributed by atoms with Crippen LogP contribution in [-0.4, -0.2) is 0 Å². The van der Waals surface area contributed by atoms with Gasteiger partial charge in [-0.2, -0.15) is 0 Å². The van der Waals surface area contributed by atoms with Crippen molar-refractivity contribution in [2.45, 2.75) is 84.5 Å². The largest absolute Gasteiger partial charge is 0.455 e. The van der Waals surface area contributed by atoms with Crippen LogP contribution in [0.15, 0.2) is 199 Å². The van der Waals surface area contributed by atoms with Gasteiger partial charge < -0.3 is 14.2 Å². The Hall–Kier alpha value is -7.36. The summed E-state index contributed by atoms with van der Waals surface area (Å²) in [6.07, 6.45) is 2.00. The molecule has 0 saturated carbocycles. The van der Waals surface area contributed by atoms with E-state index in [-0.39, 0.29) is 16.2 Å². The Bertz CT molecular complexity index is 3510. The van der Waals surface area contributed by atoms with Crippen molar-refractivity contribution in [1.82, 2.24) is 0 Å².